The number of rotatable bonds is 4. The van der Waals surface area contributed by atoms with Crippen molar-refractivity contribution in [1.29, 1.82) is 0 Å². The molecule has 2 N–H and O–H groups in total. The van der Waals surface area contributed by atoms with E-state index in [9.17, 15) is 26.3 Å². The first kappa shape index (κ1) is 18.7. The lowest BCUT2D eigenvalue weighted by Crippen LogP contribution is -2.14. The van der Waals surface area contributed by atoms with Crippen molar-refractivity contribution in [2.45, 2.75) is 18.9 Å². The topological polar surface area (TPSA) is 53.6 Å². The molecule has 0 aliphatic carbocycles. The van der Waals surface area contributed by atoms with Crippen molar-refractivity contribution in [3.05, 3.63) is 65.9 Å². The van der Waals surface area contributed by atoms with E-state index in [-0.39, 0.29) is 18.1 Å². The molecule has 0 spiro atoms. The summed E-state index contributed by atoms with van der Waals surface area (Å²) in [5.41, 5.74) is -0.629. The van der Waals surface area contributed by atoms with E-state index in [0.717, 1.165) is 6.07 Å². The maximum Gasteiger partial charge on any atom is 0.431 e. The lowest BCUT2D eigenvalue weighted by Gasteiger charge is -2.10. The summed E-state index contributed by atoms with van der Waals surface area (Å²) in [5.74, 6) is -0.00919. The van der Waals surface area contributed by atoms with Crippen LogP contribution in [0.4, 0.5) is 26.3 Å². The smallest absolute Gasteiger partial charge is 0.378 e. The van der Waals surface area contributed by atoms with Crippen LogP contribution >= 0.6 is 0 Å². The van der Waals surface area contributed by atoms with Crippen molar-refractivity contribution in [1.82, 2.24) is 20.3 Å². The van der Waals surface area contributed by atoms with Crippen molar-refractivity contribution in [3.63, 3.8) is 0 Å². The van der Waals surface area contributed by atoms with Crippen LogP contribution in [0.5, 0.6) is 0 Å². The first-order chi connectivity index (χ1) is 12.5. The molecule has 27 heavy (non-hydrogen) atoms. The van der Waals surface area contributed by atoms with Gasteiger partial charge in [0.25, 0.3) is 0 Å². The van der Waals surface area contributed by atoms with Gasteiger partial charge in [-0.05, 0) is 23.8 Å². The van der Waals surface area contributed by atoms with Crippen LogP contribution in [0.25, 0.3) is 16.6 Å². The van der Waals surface area contributed by atoms with E-state index >= 15 is 0 Å². The van der Waals surface area contributed by atoms with Gasteiger partial charge in [-0.2, -0.15) is 26.3 Å². The molecule has 0 aliphatic rings. The summed E-state index contributed by atoms with van der Waals surface area (Å²) in [5, 5.41) is 3.23. The Hall–Kier alpha value is -3.04. The van der Waals surface area contributed by atoms with Crippen LogP contribution in [0, 0.1) is 0 Å². The highest BCUT2D eigenvalue weighted by Gasteiger charge is 2.32. The molecule has 2 aromatic heterocycles. The van der Waals surface area contributed by atoms with E-state index in [1.165, 1.54) is 6.07 Å². The molecule has 0 saturated carbocycles. The van der Waals surface area contributed by atoms with Gasteiger partial charge in [-0.25, -0.2) is 9.97 Å². The number of fused-ring (bicyclic) bond motifs is 1. The third-order valence-corrected chi connectivity index (χ3v) is 3.75. The fraction of sp³-hybridized carbons (Fsp3) is 0.176. The maximum atomic E-state index is 12.7. The van der Waals surface area contributed by atoms with Gasteiger partial charge >= 0.3 is 12.4 Å². The first-order valence-electron chi connectivity index (χ1n) is 7.55. The van der Waals surface area contributed by atoms with Crippen molar-refractivity contribution < 1.29 is 26.3 Å². The van der Waals surface area contributed by atoms with Crippen LogP contribution < -0.4 is 5.32 Å². The SMILES string of the molecule is C=C(NCc1ccc2[nH]c(C(F)(F)F)cc2c1)c1ncc(C(F)(F)F)cn1. The van der Waals surface area contributed by atoms with Crippen molar-refractivity contribution in [2.75, 3.05) is 0 Å². The fourth-order valence-electron chi connectivity index (χ4n) is 2.36. The Morgan fingerprint density at radius 2 is 1.67 bits per heavy atom. The van der Waals surface area contributed by atoms with Crippen LogP contribution in [0.1, 0.15) is 22.6 Å². The summed E-state index contributed by atoms with van der Waals surface area (Å²) in [6.07, 6.45) is -7.69. The van der Waals surface area contributed by atoms with Crippen LogP contribution in [0.15, 0.2) is 43.2 Å². The van der Waals surface area contributed by atoms with Gasteiger partial charge in [-0.3, -0.25) is 0 Å². The van der Waals surface area contributed by atoms with E-state index in [1.54, 1.807) is 12.1 Å². The molecule has 0 fully saturated rings. The van der Waals surface area contributed by atoms with Gasteiger partial charge in [0.2, 0.25) is 0 Å². The second-order valence-corrected chi connectivity index (χ2v) is 5.73. The maximum absolute atomic E-state index is 12.7. The van der Waals surface area contributed by atoms with Gasteiger partial charge in [-0.1, -0.05) is 12.6 Å². The zero-order chi connectivity index (χ0) is 19.8. The minimum atomic E-state index is -4.53. The lowest BCUT2D eigenvalue weighted by atomic mass is 10.1. The molecule has 0 saturated heterocycles. The van der Waals surface area contributed by atoms with Gasteiger partial charge in [0.1, 0.15) is 5.69 Å². The summed E-state index contributed by atoms with van der Waals surface area (Å²) >= 11 is 0. The molecule has 0 atom stereocenters. The molecular formula is C17H12F6N4. The summed E-state index contributed by atoms with van der Waals surface area (Å²) < 4.78 is 75.7. The summed E-state index contributed by atoms with van der Waals surface area (Å²) in [7, 11) is 0. The zero-order valence-corrected chi connectivity index (χ0v) is 13.5. The van der Waals surface area contributed by atoms with Crippen LogP contribution in [-0.2, 0) is 18.9 Å². The van der Waals surface area contributed by atoms with Gasteiger partial charge in [0.15, 0.2) is 5.82 Å². The Morgan fingerprint density at radius 3 is 2.26 bits per heavy atom. The number of H-pyrrole nitrogens is 1. The largest absolute Gasteiger partial charge is 0.431 e. The number of aromatic amines is 1. The molecule has 3 rings (SSSR count). The summed E-state index contributed by atoms with van der Waals surface area (Å²) in [6.45, 7) is 3.84. The van der Waals surface area contributed by atoms with E-state index in [0.29, 0.717) is 28.9 Å². The lowest BCUT2D eigenvalue weighted by molar-refractivity contribution is -0.140. The molecule has 10 heteroatoms. The molecule has 0 unspecified atom stereocenters. The second kappa shape index (κ2) is 6.60. The van der Waals surface area contributed by atoms with E-state index in [4.69, 9.17) is 0 Å². The first-order valence-corrected chi connectivity index (χ1v) is 7.55. The third-order valence-electron chi connectivity index (χ3n) is 3.75. The minimum Gasteiger partial charge on any atom is -0.378 e. The average molecular weight is 386 g/mol. The molecule has 1 aromatic carbocycles. The fourth-order valence-corrected chi connectivity index (χ4v) is 2.36. The molecule has 2 heterocycles. The highest BCUT2D eigenvalue weighted by molar-refractivity contribution is 5.81. The molecule has 0 amide bonds. The van der Waals surface area contributed by atoms with Crippen molar-refractivity contribution in [3.8, 4) is 0 Å². The van der Waals surface area contributed by atoms with E-state index < -0.39 is 23.6 Å². The molecule has 0 radical (unpaired) electrons. The van der Waals surface area contributed by atoms with Crippen LogP contribution in [0.2, 0.25) is 0 Å². The number of alkyl halides is 6. The standard InChI is InChI=1S/C17H12F6N4/c1-9(15-25-7-12(8-26-15)16(18,19)20)24-6-10-2-3-13-11(4-10)5-14(27-13)17(21,22)23/h2-5,7-8,24,27H,1,6H2. The van der Waals surface area contributed by atoms with Crippen LogP contribution in [-0.4, -0.2) is 15.0 Å². The number of benzene rings is 1. The van der Waals surface area contributed by atoms with Gasteiger partial charge in [0.05, 0.1) is 11.3 Å². The van der Waals surface area contributed by atoms with E-state index in [2.05, 4.69) is 26.8 Å². The normalized spacial score (nSPS) is 12.4. The molecule has 0 aliphatic heterocycles. The summed E-state index contributed by atoms with van der Waals surface area (Å²) in [4.78, 5) is 9.53. The second-order valence-electron chi connectivity index (χ2n) is 5.73. The van der Waals surface area contributed by atoms with Crippen LogP contribution in [0.3, 0.4) is 0 Å². The van der Waals surface area contributed by atoms with E-state index in [1.807, 2.05) is 0 Å². The minimum absolute atomic E-state index is 0.00919. The Balaban J connectivity index is 1.69. The quantitative estimate of drug-likeness (QED) is 0.636. The number of hydrogen-bond acceptors (Lipinski definition) is 3. The monoisotopic (exact) mass is 386 g/mol. The van der Waals surface area contributed by atoms with Crippen molar-refractivity contribution in [2.24, 2.45) is 0 Å². The Morgan fingerprint density at radius 1 is 1.00 bits per heavy atom. The van der Waals surface area contributed by atoms with Crippen molar-refractivity contribution >= 4 is 16.6 Å². The van der Waals surface area contributed by atoms with Gasteiger partial charge in [0, 0.05) is 29.8 Å². The average Bonchev–Trinajstić information content (AvgIpc) is 3.02. The predicted molar refractivity (Wildman–Crippen MR) is 86.2 cm³/mol. The number of nitrogens with one attached hydrogen (secondary N) is 2. The number of nitrogens with zero attached hydrogens (tertiary/aromatic N) is 2. The predicted octanol–water partition coefficient (Wildman–Crippen LogP) is 4.76. The molecular weight excluding hydrogens is 374 g/mol. The van der Waals surface area contributed by atoms with Gasteiger partial charge < -0.3 is 10.3 Å². The number of halogens is 6. The zero-order valence-electron chi connectivity index (χ0n) is 13.5. The number of hydrogen-bond donors (Lipinski definition) is 2. The highest BCUT2D eigenvalue weighted by Crippen LogP contribution is 2.31. The molecule has 142 valence electrons. The summed E-state index contributed by atoms with van der Waals surface area (Å²) in [6, 6.07) is 5.70. The highest BCUT2D eigenvalue weighted by atomic mass is 19.4. The molecule has 4 nitrogen and oxygen atoms in total. The Bertz CT molecular complexity index is 970. The molecule has 3 aromatic rings. The Kier molecular flexibility index (Phi) is 4.58. The third kappa shape index (κ3) is 4.21. The van der Waals surface area contributed by atoms with Gasteiger partial charge in [-0.15, -0.1) is 0 Å². The molecule has 0 bridgehead atoms. The Labute approximate surface area is 148 Å². The number of aromatic nitrogens is 3.